The number of allylic oxidation sites excluding steroid dienone is 12. The fourth-order valence-corrected chi connectivity index (χ4v) is 9.13. The average Bonchev–Trinajstić information content (AvgIpc) is 3.40. The highest BCUT2D eigenvalue weighted by Gasteiger charge is 2.19. The highest BCUT2D eigenvalue weighted by molar-refractivity contribution is 5.71. The monoisotopic (exact) mass is 1030 g/mol. The van der Waals surface area contributed by atoms with Crippen LogP contribution in [-0.2, 0) is 28.6 Å². The van der Waals surface area contributed by atoms with Gasteiger partial charge in [-0.1, -0.05) is 267 Å². The highest BCUT2D eigenvalue weighted by Crippen LogP contribution is 2.17. The van der Waals surface area contributed by atoms with Crippen molar-refractivity contribution in [3.63, 3.8) is 0 Å². The van der Waals surface area contributed by atoms with Crippen molar-refractivity contribution < 1.29 is 28.6 Å². The number of hydrogen-bond donors (Lipinski definition) is 0. The van der Waals surface area contributed by atoms with Gasteiger partial charge in [0.05, 0.1) is 0 Å². The summed E-state index contributed by atoms with van der Waals surface area (Å²) in [6.45, 7) is 6.51. The Morgan fingerprint density at radius 1 is 0.284 bits per heavy atom. The molecule has 6 heteroatoms. The zero-order valence-electron chi connectivity index (χ0n) is 49.1. The molecule has 0 aromatic heterocycles. The summed E-state index contributed by atoms with van der Waals surface area (Å²) >= 11 is 0. The number of carbonyl (C=O) groups excluding carboxylic acids is 3. The van der Waals surface area contributed by atoms with Crippen LogP contribution in [0.15, 0.2) is 72.9 Å². The first-order valence-corrected chi connectivity index (χ1v) is 31.9. The third-order valence-corrected chi connectivity index (χ3v) is 13.9. The van der Waals surface area contributed by atoms with Crippen molar-refractivity contribution in [2.75, 3.05) is 13.2 Å². The molecule has 0 aliphatic rings. The minimum atomic E-state index is -0.791. The minimum Gasteiger partial charge on any atom is -0.462 e. The van der Waals surface area contributed by atoms with Gasteiger partial charge >= 0.3 is 17.9 Å². The number of carbonyl (C=O) groups is 3. The zero-order chi connectivity index (χ0) is 53.6. The summed E-state index contributed by atoms with van der Waals surface area (Å²) in [4.78, 5) is 38.2. The van der Waals surface area contributed by atoms with Gasteiger partial charge in [0, 0.05) is 19.3 Å². The molecule has 0 N–H and O–H groups in total. The van der Waals surface area contributed by atoms with Crippen LogP contribution in [0.25, 0.3) is 0 Å². The molecule has 0 aromatic carbocycles. The first kappa shape index (κ1) is 70.8. The van der Waals surface area contributed by atoms with E-state index in [1.54, 1.807) is 0 Å². The Bertz CT molecular complexity index is 1370. The zero-order valence-corrected chi connectivity index (χ0v) is 49.1. The van der Waals surface area contributed by atoms with Gasteiger partial charge in [0.1, 0.15) is 13.2 Å². The van der Waals surface area contributed by atoms with Crippen LogP contribution in [0.2, 0.25) is 0 Å². The summed E-state index contributed by atoms with van der Waals surface area (Å²) in [5, 5.41) is 0. The van der Waals surface area contributed by atoms with Crippen molar-refractivity contribution >= 4 is 17.9 Å². The van der Waals surface area contributed by atoms with Gasteiger partial charge in [0.25, 0.3) is 0 Å². The van der Waals surface area contributed by atoms with Crippen molar-refractivity contribution in [3.8, 4) is 0 Å². The van der Waals surface area contributed by atoms with E-state index in [9.17, 15) is 14.4 Å². The summed E-state index contributed by atoms with van der Waals surface area (Å²) in [6, 6.07) is 0. The van der Waals surface area contributed by atoms with Gasteiger partial charge in [-0.05, 0) is 109 Å². The smallest absolute Gasteiger partial charge is 0.306 e. The van der Waals surface area contributed by atoms with Gasteiger partial charge in [-0.2, -0.15) is 0 Å². The van der Waals surface area contributed by atoms with Crippen LogP contribution in [0.4, 0.5) is 0 Å². The number of ether oxygens (including phenoxy) is 3. The van der Waals surface area contributed by atoms with Crippen LogP contribution >= 0.6 is 0 Å². The lowest BCUT2D eigenvalue weighted by Crippen LogP contribution is -2.30. The van der Waals surface area contributed by atoms with Crippen molar-refractivity contribution in [2.24, 2.45) is 0 Å². The Morgan fingerprint density at radius 2 is 0.527 bits per heavy atom. The molecule has 0 bridgehead atoms. The van der Waals surface area contributed by atoms with E-state index in [0.717, 1.165) is 103 Å². The van der Waals surface area contributed by atoms with Crippen LogP contribution in [-0.4, -0.2) is 37.2 Å². The molecule has 0 fully saturated rings. The Balaban J connectivity index is 4.25. The van der Waals surface area contributed by atoms with E-state index in [1.807, 2.05) is 0 Å². The van der Waals surface area contributed by atoms with E-state index >= 15 is 0 Å². The van der Waals surface area contributed by atoms with Crippen LogP contribution in [0.5, 0.6) is 0 Å². The van der Waals surface area contributed by atoms with E-state index < -0.39 is 6.10 Å². The van der Waals surface area contributed by atoms with Crippen LogP contribution in [0, 0.1) is 0 Å². The van der Waals surface area contributed by atoms with Gasteiger partial charge < -0.3 is 14.2 Å². The topological polar surface area (TPSA) is 78.9 Å². The van der Waals surface area contributed by atoms with Crippen molar-refractivity contribution in [2.45, 2.75) is 329 Å². The molecule has 0 aliphatic heterocycles. The van der Waals surface area contributed by atoms with E-state index in [2.05, 4.69) is 93.7 Å². The molecular weight excluding hydrogens is 913 g/mol. The maximum atomic E-state index is 12.9. The maximum Gasteiger partial charge on any atom is 0.306 e. The second kappa shape index (κ2) is 62.4. The molecule has 0 radical (unpaired) electrons. The number of hydrogen-bond acceptors (Lipinski definition) is 6. The van der Waals surface area contributed by atoms with Gasteiger partial charge in [0.2, 0.25) is 0 Å². The summed E-state index contributed by atoms with van der Waals surface area (Å²) in [5.74, 6) is -0.908. The van der Waals surface area contributed by atoms with Crippen LogP contribution in [0.1, 0.15) is 323 Å². The third-order valence-electron chi connectivity index (χ3n) is 13.9. The van der Waals surface area contributed by atoms with Crippen molar-refractivity contribution in [3.05, 3.63) is 72.9 Å². The Hall–Kier alpha value is -3.15. The molecular formula is C68H120O6. The number of esters is 3. The van der Waals surface area contributed by atoms with Crippen molar-refractivity contribution in [1.29, 1.82) is 0 Å². The third kappa shape index (κ3) is 59.7. The molecule has 0 rings (SSSR count). The molecule has 6 nitrogen and oxygen atoms in total. The lowest BCUT2D eigenvalue weighted by molar-refractivity contribution is -0.167. The van der Waals surface area contributed by atoms with Crippen molar-refractivity contribution in [1.82, 2.24) is 0 Å². The first-order valence-electron chi connectivity index (χ1n) is 31.9. The highest BCUT2D eigenvalue weighted by atomic mass is 16.6. The lowest BCUT2D eigenvalue weighted by atomic mass is 10.0. The van der Waals surface area contributed by atoms with Gasteiger partial charge in [-0.15, -0.1) is 0 Å². The molecule has 1 unspecified atom stereocenters. The molecule has 0 saturated heterocycles. The van der Waals surface area contributed by atoms with Gasteiger partial charge in [-0.25, -0.2) is 0 Å². The predicted molar refractivity (Wildman–Crippen MR) is 321 cm³/mol. The van der Waals surface area contributed by atoms with E-state index in [0.29, 0.717) is 19.3 Å². The molecule has 0 aliphatic carbocycles. The molecule has 0 amide bonds. The average molecular weight is 1030 g/mol. The second-order valence-electron chi connectivity index (χ2n) is 21.3. The van der Waals surface area contributed by atoms with Crippen LogP contribution in [0.3, 0.4) is 0 Å². The molecule has 0 aromatic rings. The Morgan fingerprint density at radius 3 is 0.865 bits per heavy atom. The fraction of sp³-hybridized carbons (Fsp3) is 0.779. The van der Waals surface area contributed by atoms with Gasteiger partial charge in [0.15, 0.2) is 6.10 Å². The molecule has 0 spiro atoms. The Labute approximate surface area is 459 Å². The first-order chi connectivity index (χ1) is 36.5. The largest absolute Gasteiger partial charge is 0.462 e. The molecule has 0 saturated carbocycles. The normalized spacial score (nSPS) is 12.5. The van der Waals surface area contributed by atoms with Crippen LogP contribution < -0.4 is 0 Å². The van der Waals surface area contributed by atoms with E-state index in [1.165, 1.54) is 180 Å². The number of rotatable bonds is 58. The quantitative estimate of drug-likeness (QED) is 0.0261. The lowest BCUT2D eigenvalue weighted by Gasteiger charge is -2.18. The molecule has 1 atom stereocenters. The van der Waals surface area contributed by atoms with E-state index in [4.69, 9.17) is 14.2 Å². The molecule has 74 heavy (non-hydrogen) atoms. The molecule has 0 heterocycles. The second-order valence-corrected chi connectivity index (χ2v) is 21.3. The minimum absolute atomic E-state index is 0.0862. The summed E-state index contributed by atoms with van der Waals surface area (Å²) in [6.07, 6.45) is 80.6. The SMILES string of the molecule is CC/C=C\C/C=C\C/C=C\C/C=C\CCCCCCC(=O)OC(COC(=O)CCCCCCC/C=C\CCCCC)COC(=O)CCCCCCCCCCCCCCCCC/C=C\CCCCCCCCCC. The fourth-order valence-electron chi connectivity index (χ4n) is 9.13. The summed E-state index contributed by atoms with van der Waals surface area (Å²) in [5.41, 5.74) is 0. The predicted octanol–water partition coefficient (Wildman–Crippen LogP) is 21.7. The summed E-state index contributed by atoms with van der Waals surface area (Å²) in [7, 11) is 0. The van der Waals surface area contributed by atoms with E-state index in [-0.39, 0.29) is 31.1 Å². The molecule has 428 valence electrons. The Kier molecular flexibility index (Phi) is 59.7. The standard InChI is InChI=1S/C68H120O6/c1-4-7-10-13-16-19-22-25-27-29-30-31-32-33-34-35-36-37-38-40-41-43-46-49-52-55-58-61-67(70)73-64-65(63-72-66(69)60-57-54-51-48-45-24-21-18-15-12-9-6-3)74-68(71)62-59-56-53-50-47-44-42-39-28-26-23-20-17-14-11-8-5-2/h8,11,17-18,20-21,26,28-30,42,44,65H,4-7,9-10,12-16,19,22-25,27,31-41,43,45-64H2,1-3H3/b11-8-,20-17-,21-18-,28-26-,30-29-,44-42-. The number of unbranched alkanes of at least 4 members (excludes halogenated alkanes) is 35. The maximum absolute atomic E-state index is 12.9. The summed E-state index contributed by atoms with van der Waals surface area (Å²) < 4.78 is 16.9. The van der Waals surface area contributed by atoms with Gasteiger partial charge in [-0.3, -0.25) is 14.4 Å².